The molecule has 8 nitrogen and oxygen atoms in total. The van der Waals surface area contributed by atoms with E-state index in [9.17, 15) is 9.90 Å². The number of carboxylic acids is 1. The minimum atomic E-state index is -0.831. The van der Waals surface area contributed by atoms with Crippen LogP contribution in [0.15, 0.2) is 36.4 Å². The van der Waals surface area contributed by atoms with Gasteiger partial charge in [-0.3, -0.25) is 4.79 Å². The third-order valence-electron chi connectivity index (χ3n) is 5.30. The van der Waals surface area contributed by atoms with Crippen LogP contribution in [0.2, 0.25) is 0 Å². The molecule has 2 aliphatic rings. The van der Waals surface area contributed by atoms with Crippen molar-refractivity contribution in [1.82, 2.24) is 0 Å². The van der Waals surface area contributed by atoms with Crippen LogP contribution in [-0.2, 0) is 9.53 Å². The second-order valence-corrected chi connectivity index (χ2v) is 6.95. The molecule has 2 atom stereocenters. The smallest absolute Gasteiger partial charge is 0.308 e. The molecule has 8 heteroatoms. The van der Waals surface area contributed by atoms with Crippen molar-refractivity contribution in [3.05, 3.63) is 42.0 Å². The van der Waals surface area contributed by atoms with Gasteiger partial charge < -0.3 is 33.7 Å². The van der Waals surface area contributed by atoms with Gasteiger partial charge in [-0.2, -0.15) is 0 Å². The molecule has 2 aromatic carbocycles. The number of methoxy groups -OCH3 is 2. The summed E-state index contributed by atoms with van der Waals surface area (Å²) in [6.45, 7) is 1.17. The molecule has 0 bridgehead atoms. The van der Waals surface area contributed by atoms with Crippen molar-refractivity contribution in [1.29, 1.82) is 0 Å². The molecule has 0 aromatic heterocycles. The first-order valence-corrected chi connectivity index (χ1v) is 9.27. The monoisotopic (exact) mass is 401 g/mol. The summed E-state index contributed by atoms with van der Waals surface area (Å²) in [7, 11) is 3.13. The van der Waals surface area contributed by atoms with Crippen molar-refractivity contribution in [2.24, 2.45) is 5.92 Å². The zero-order valence-corrected chi connectivity index (χ0v) is 16.3. The highest BCUT2D eigenvalue weighted by molar-refractivity contribution is 5.75. The first kappa shape index (κ1) is 19.2. The lowest BCUT2D eigenvalue weighted by Gasteiger charge is -2.22. The van der Waals surface area contributed by atoms with E-state index in [0.717, 1.165) is 11.3 Å². The molecule has 0 aliphatic carbocycles. The summed E-state index contributed by atoms with van der Waals surface area (Å²) in [6, 6.07) is 11.1. The molecule has 0 radical (unpaired) electrons. The number of carbonyl (C=O) groups is 1. The lowest BCUT2D eigenvalue weighted by Crippen LogP contribution is -2.23. The van der Waals surface area contributed by atoms with Crippen LogP contribution in [0.3, 0.4) is 0 Å². The topological polar surface area (TPSA) is 86.7 Å². The van der Waals surface area contributed by atoms with Gasteiger partial charge >= 0.3 is 5.97 Å². The molecule has 0 saturated carbocycles. The van der Waals surface area contributed by atoms with E-state index in [1.165, 1.54) is 0 Å². The fourth-order valence-corrected chi connectivity index (χ4v) is 3.85. The molecule has 0 amide bonds. The fraction of sp³-hybridized carbons (Fsp3) is 0.381. The Balaban J connectivity index is 1.64. The third kappa shape index (κ3) is 3.75. The number of fused-ring (bicyclic) bond motifs is 1. The summed E-state index contributed by atoms with van der Waals surface area (Å²) in [6.07, 6.45) is 0. The van der Waals surface area contributed by atoms with E-state index in [1.54, 1.807) is 20.3 Å². The lowest BCUT2D eigenvalue weighted by atomic mass is 9.89. The molecule has 1 N–H and O–H groups in total. The van der Waals surface area contributed by atoms with E-state index < -0.39 is 11.9 Å². The maximum atomic E-state index is 12.0. The highest BCUT2D eigenvalue weighted by Crippen LogP contribution is 2.43. The van der Waals surface area contributed by atoms with E-state index in [-0.39, 0.29) is 19.5 Å². The maximum absolute atomic E-state index is 12.0. The molecule has 2 unspecified atom stereocenters. The number of hydrogen-bond donors (Lipinski definition) is 1. The normalized spacial score (nSPS) is 20.0. The van der Waals surface area contributed by atoms with Gasteiger partial charge in [0, 0.05) is 32.2 Å². The quantitative estimate of drug-likeness (QED) is 0.709. The van der Waals surface area contributed by atoms with Gasteiger partial charge in [-0.1, -0.05) is 6.07 Å². The largest absolute Gasteiger partial charge is 0.497 e. The number of benzene rings is 2. The lowest BCUT2D eigenvalue weighted by molar-refractivity contribution is -0.141. The van der Waals surface area contributed by atoms with Crippen molar-refractivity contribution in [2.75, 3.05) is 45.8 Å². The molecule has 2 aromatic rings. The van der Waals surface area contributed by atoms with Gasteiger partial charge in [0.25, 0.3) is 0 Å². The molecule has 2 aliphatic heterocycles. The van der Waals surface area contributed by atoms with Crippen LogP contribution in [0.4, 0.5) is 5.69 Å². The molecular formula is C21H23NO7. The van der Waals surface area contributed by atoms with E-state index >= 15 is 0 Å². The van der Waals surface area contributed by atoms with Crippen LogP contribution in [0.5, 0.6) is 23.0 Å². The van der Waals surface area contributed by atoms with E-state index in [2.05, 4.69) is 0 Å². The standard InChI is InChI=1S/C21H23NO7/c1-25-11-27-19-8-14(26-2)4-5-17(19)22-9-15(16(10-22)21(23)24)13-3-6-18-20(7-13)29-12-28-18/h3-8,15-16H,9-12H2,1-2H3,(H,23,24). The van der Waals surface area contributed by atoms with Gasteiger partial charge in [-0.05, 0) is 29.8 Å². The number of ether oxygens (including phenoxy) is 5. The Bertz CT molecular complexity index is 901. The summed E-state index contributed by atoms with van der Waals surface area (Å²) in [5.41, 5.74) is 1.72. The van der Waals surface area contributed by atoms with Gasteiger partial charge in [-0.25, -0.2) is 0 Å². The molecule has 4 rings (SSSR count). The minimum absolute atomic E-state index is 0.0853. The Morgan fingerprint density at radius 2 is 1.97 bits per heavy atom. The van der Waals surface area contributed by atoms with Crippen molar-refractivity contribution in [2.45, 2.75) is 5.92 Å². The Kier molecular flexibility index (Phi) is 5.35. The molecule has 0 spiro atoms. The number of hydrogen-bond acceptors (Lipinski definition) is 7. The number of carboxylic acid groups (broad SMARTS) is 1. The van der Waals surface area contributed by atoms with Gasteiger partial charge in [0.05, 0.1) is 18.7 Å². The number of aliphatic carboxylic acids is 1. The van der Waals surface area contributed by atoms with Crippen molar-refractivity contribution >= 4 is 11.7 Å². The van der Waals surface area contributed by atoms with Gasteiger partial charge in [0.15, 0.2) is 18.3 Å². The molecule has 1 fully saturated rings. The average molecular weight is 401 g/mol. The van der Waals surface area contributed by atoms with Crippen LogP contribution >= 0.6 is 0 Å². The maximum Gasteiger partial charge on any atom is 0.308 e. The second-order valence-electron chi connectivity index (χ2n) is 6.95. The zero-order chi connectivity index (χ0) is 20.4. The Morgan fingerprint density at radius 1 is 1.14 bits per heavy atom. The summed E-state index contributed by atoms with van der Waals surface area (Å²) in [5.74, 6) is 0.984. The Hall–Kier alpha value is -3.13. The van der Waals surface area contributed by atoms with Gasteiger partial charge in [0.2, 0.25) is 6.79 Å². The van der Waals surface area contributed by atoms with Crippen LogP contribution in [0.1, 0.15) is 11.5 Å². The summed E-state index contributed by atoms with van der Waals surface area (Å²) in [5, 5.41) is 9.84. The van der Waals surface area contributed by atoms with Gasteiger partial charge in [-0.15, -0.1) is 0 Å². The van der Waals surface area contributed by atoms with Crippen LogP contribution in [0.25, 0.3) is 0 Å². The van der Waals surface area contributed by atoms with Crippen LogP contribution in [-0.4, -0.2) is 52.0 Å². The Morgan fingerprint density at radius 3 is 2.72 bits per heavy atom. The molecule has 154 valence electrons. The fourth-order valence-electron chi connectivity index (χ4n) is 3.85. The first-order valence-electron chi connectivity index (χ1n) is 9.27. The van der Waals surface area contributed by atoms with E-state index in [1.807, 2.05) is 35.2 Å². The summed E-state index contributed by atoms with van der Waals surface area (Å²) >= 11 is 0. The minimum Gasteiger partial charge on any atom is -0.497 e. The second kappa shape index (κ2) is 8.08. The SMILES string of the molecule is COCOc1cc(OC)ccc1N1CC(C(=O)O)C(c2ccc3c(c2)OCO3)C1. The highest BCUT2D eigenvalue weighted by Gasteiger charge is 2.40. The van der Waals surface area contributed by atoms with Crippen molar-refractivity contribution in [3.8, 4) is 23.0 Å². The molecule has 1 saturated heterocycles. The zero-order valence-electron chi connectivity index (χ0n) is 16.3. The Labute approximate surface area is 168 Å². The predicted octanol–water partition coefficient (Wildman–Crippen LogP) is 2.71. The average Bonchev–Trinajstić information content (AvgIpc) is 3.38. The van der Waals surface area contributed by atoms with Gasteiger partial charge in [0.1, 0.15) is 11.5 Å². The van der Waals surface area contributed by atoms with Crippen molar-refractivity contribution < 1.29 is 33.6 Å². The van der Waals surface area contributed by atoms with E-state index in [4.69, 9.17) is 23.7 Å². The van der Waals surface area contributed by atoms with E-state index in [0.29, 0.717) is 36.1 Å². The predicted molar refractivity (Wildman–Crippen MR) is 104 cm³/mol. The molecular weight excluding hydrogens is 378 g/mol. The number of rotatable bonds is 7. The third-order valence-corrected chi connectivity index (χ3v) is 5.30. The summed E-state index contributed by atoms with van der Waals surface area (Å²) in [4.78, 5) is 14.0. The molecule has 2 heterocycles. The van der Waals surface area contributed by atoms with Crippen LogP contribution < -0.4 is 23.8 Å². The first-order chi connectivity index (χ1) is 14.1. The van der Waals surface area contributed by atoms with Crippen molar-refractivity contribution in [3.63, 3.8) is 0 Å². The summed E-state index contributed by atoms with van der Waals surface area (Å²) < 4.78 is 26.9. The highest BCUT2D eigenvalue weighted by atomic mass is 16.7. The molecule has 29 heavy (non-hydrogen) atoms. The number of nitrogens with zero attached hydrogens (tertiary/aromatic N) is 1. The number of anilines is 1. The van der Waals surface area contributed by atoms with Crippen LogP contribution in [0, 0.1) is 5.92 Å².